The van der Waals surface area contributed by atoms with E-state index in [0.29, 0.717) is 0 Å². The topological polar surface area (TPSA) is 55.9 Å². The van der Waals surface area contributed by atoms with Gasteiger partial charge in [0.2, 0.25) is 0 Å². The highest BCUT2D eigenvalue weighted by molar-refractivity contribution is 5.64. The molecule has 3 N–H and O–H groups in total. The van der Waals surface area contributed by atoms with Crippen molar-refractivity contribution < 1.29 is 0 Å². The quantitative estimate of drug-likeness (QED) is 0.711. The molecule has 4 heteroatoms. The Kier molecular flexibility index (Phi) is 2.58. The maximum absolute atomic E-state index is 5.80. The molecule has 0 saturated heterocycles. The van der Waals surface area contributed by atoms with Crippen LogP contribution in [0.15, 0.2) is 0 Å². The number of nitrogen functional groups attached to an aromatic ring is 1. The summed E-state index contributed by atoms with van der Waals surface area (Å²) >= 11 is 0. The van der Waals surface area contributed by atoms with Crippen molar-refractivity contribution in [1.82, 2.24) is 9.78 Å². The first-order valence-corrected chi connectivity index (χ1v) is 4.19. The molecule has 12 heavy (non-hydrogen) atoms. The molecule has 1 rings (SSSR count). The third-order valence-corrected chi connectivity index (χ3v) is 1.81. The van der Waals surface area contributed by atoms with Gasteiger partial charge in [-0.1, -0.05) is 6.92 Å². The van der Waals surface area contributed by atoms with Gasteiger partial charge in [-0.05, 0) is 13.3 Å². The smallest absolute Gasteiger partial charge is 0.147 e. The molecule has 0 aliphatic carbocycles. The van der Waals surface area contributed by atoms with Gasteiger partial charge in [0.25, 0.3) is 0 Å². The zero-order valence-corrected chi connectivity index (χ0v) is 7.89. The van der Waals surface area contributed by atoms with Crippen molar-refractivity contribution in [3.05, 3.63) is 5.69 Å². The van der Waals surface area contributed by atoms with E-state index in [4.69, 9.17) is 5.73 Å². The number of nitrogens with one attached hydrogen (secondary N) is 1. The van der Waals surface area contributed by atoms with Crippen LogP contribution >= 0.6 is 0 Å². The number of nitrogens with zero attached hydrogens (tertiary/aromatic N) is 2. The first kappa shape index (κ1) is 8.90. The second-order valence-corrected chi connectivity index (χ2v) is 2.90. The van der Waals surface area contributed by atoms with Gasteiger partial charge in [0.05, 0.1) is 11.4 Å². The molecule has 0 aliphatic rings. The van der Waals surface area contributed by atoms with E-state index in [-0.39, 0.29) is 0 Å². The molecular weight excluding hydrogens is 152 g/mol. The van der Waals surface area contributed by atoms with Crippen molar-refractivity contribution in [1.29, 1.82) is 0 Å². The molecule has 0 atom stereocenters. The molecule has 4 nitrogen and oxygen atoms in total. The molecule has 0 spiro atoms. The highest BCUT2D eigenvalue weighted by Crippen LogP contribution is 2.20. The van der Waals surface area contributed by atoms with Crippen LogP contribution in [-0.2, 0) is 7.05 Å². The Hall–Kier alpha value is -1.19. The summed E-state index contributed by atoms with van der Waals surface area (Å²) in [6, 6.07) is 0. The maximum Gasteiger partial charge on any atom is 0.147 e. The van der Waals surface area contributed by atoms with Gasteiger partial charge in [0.1, 0.15) is 5.82 Å². The van der Waals surface area contributed by atoms with Gasteiger partial charge in [0.15, 0.2) is 0 Å². The standard InChI is InChI=1S/C8H16N4/c1-4-5-10-8-7(9)6(2)11-12(8)3/h10H,4-5,9H2,1-3H3. The third-order valence-electron chi connectivity index (χ3n) is 1.81. The van der Waals surface area contributed by atoms with Crippen molar-refractivity contribution in [2.45, 2.75) is 20.3 Å². The van der Waals surface area contributed by atoms with Gasteiger partial charge in [0, 0.05) is 13.6 Å². The van der Waals surface area contributed by atoms with Gasteiger partial charge in [-0.2, -0.15) is 5.10 Å². The molecule has 0 aliphatic heterocycles. The molecule has 0 bridgehead atoms. The highest BCUT2D eigenvalue weighted by Gasteiger charge is 2.07. The predicted octanol–water partition coefficient (Wildman–Crippen LogP) is 1.13. The van der Waals surface area contributed by atoms with Crippen molar-refractivity contribution in [2.24, 2.45) is 7.05 Å². The fourth-order valence-electron chi connectivity index (χ4n) is 1.13. The van der Waals surface area contributed by atoms with Crippen LogP contribution in [-0.4, -0.2) is 16.3 Å². The van der Waals surface area contributed by atoms with Crippen LogP contribution in [0.5, 0.6) is 0 Å². The Bertz CT molecular complexity index is 264. The molecule has 0 fully saturated rings. The van der Waals surface area contributed by atoms with Gasteiger partial charge in [-0.3, -0.25) is 4.68 Å². The lowest BCUT2D eigenvalue weighted by atomic mass is 10.4. The molecule has 0 unspecified atom stereocenters. The summed E-state index contributed by atoms with van der Waals surface area (Å²) in [7, 11) is 1.89. The minimum absolute atomic E-state index is 0.756. The molecule has 0 amide bonds. The number of aromatic nitrogens is 2. The molecule has 0 saturated carbocycles. The molecule has 68 valence electrons. The van der Waals surface area contributed by atoms with E-state index in [1.807, 2.05) is 14.0 Å². The number of rotatable bonds is 3. The van der Waals surface area contributed by atoms with Crippen LogP contribution in [0.1, 0.15) is 19.0 Å². The summed E-state index contributed by atoms with van der Waals surface area (Å²) in [5, 5.41) is 7.42. The van der Waals surface area contributed by atoms with Gasteiger partial charge >= 0.3 is 0 Å². The monoisotopic (exact) mass is 168 g/mol. The van der Waals surface area contributed by atoms with Crippen molar-refractivity contribution in [3.63, 3.8) is 0 Å². The SMILES string of the molecule is CCCNc1c(N)c(C)nn1C. The Balaban J connectivity index is 2.82. The minimum atomic E-state index is 0.756. The van der Waals surface area contributed by atoms with Crippen LogP contribution in [0.3, 0.4) is 0 Å². The number of hydrogen-bond acceptors (Lipinski definition) is 3. The number of aryl methyl sites for hydroxylation is 2. The van der Waals surface area contributed by atoms with Crippen LogP contribution < -0.4 is 11.1 Å². The second-order valence-electron chi connectivity index (χ2n) is 2.90. The fraction of sp³-hybridized carbons (Fsp3) is 0.625. The Morgan fingerprint density at radius 3 is 2.67 bits per heavy atom. The Morgan fingerprint density at radius 1 is 1.58 bits per heavy atom. The molecule has 0 aromatic carbocycles. The van der Waals surface area contributed by atoms with Gasteiger partial charge in [-0.15, -0.1) is 0 Å². The van der Waals surface area contributed by atoms with E-state index >= 15 is 0 Å². The highest BCUT2D eigenvalue weighted by atomic mass is 15.3. The predicted molar refractivity (Wildman–Crippen MR) is 51.1 cm³/mol. The molecule has 0 radical (unpaired) electrons. The first-order valence-electron chi connectivity index (χ1n) is 4.19. The van der Waals surface area contributed by atoms with Crippen molar-refractivity contribution in [3.8, 4) is 0 Å². The van der Waals surface area contributed by atoms with E-state index in [2.05, 4.69) is 17.3 Å². The summed E-state index contributed by atoms with van der Waals surface area (Å²) in [6.45, 7) is 4.96. The normalized spacial score (nSPS) is 10.2. The van der Waals surface area contributed by atoms with Crippen LogP contribution in [0.4, 0.5) is 11.5 Å². The van der Waals surface area contributed by atoms with Crippen LogP contribution in [0.25, 0.3) is 0 Å². The minimum Gasteiger partial charge on any atom is -0.394 e. The summed E-state index contributed by atoms with van der Waals surface area (Å²) in [4.78, 5) is 0. The lowest BCUT2D eigenvalue weighted by molar-refractivity contribution is 0.756. The van der Waals surface area contributed by atoms with E-state index in [0.717, 1.165) is 30.2 Å². The zero-order valence-electron chi connectivity index (χ0n) is 7.89. The third kappa shape index (κ3) is 1.52. The molecular formula is C8H16N4. The van der Waals surface area contributed by atoms with E-state index < -0.39 is 0 Å². The molecule has 1 aromatic rings. The lowest BCUT2D eigenvalue weighted by Gasteiger charge is -2.04. The Morgan fingerprint density at radius 2 is 2.25 bits per heavy atom. The van der Waals surface area contributed by atoms with Crippen molar-refractivity contribution in [2.75, 3.05) is 17.6 Å². The number of nitrogens with two attached hydrogens (primary N) is 1. The number of hydrogen-bond donors (Lipinski definition) is 2. The van der Waals surface area contributed by atoms with Crippen LogP contribution in [0.2, 0.25) is 0 Å². The van der Waals surface area contributed by atoms with Gasteiger partial charge < -0.3 is 11.1 Å². The average molecular weight is 168 g/mol. The van der Waals surface area contributed by atoms with E-state index in [1.165, 1.54) is 0 Å². The summed E-state index contributed by atoms with van der Waals surface area (Å²) in [5.41, 5.74) is 7.44. The van der Waals surface area contributed by atoms with E-state index in [1.54, 1.807) is 4.68 Å². The van der Waals surface area contributed by atoms with E-state index in [9.17, 15) is 0 Å². The summed E-state index contributed by atoms with van der Waals surface area (Å²) in [6.07, 6.45) is 1.09. The fourth-order valence-corrected chi connectivity index (χ4v) is 1.13. The largest absolute Gasteiger partial charge is 0.394 e. The number of anilines is 2. The lowest BCUT2D eigenvalue weighted by Crippen LogP contribution is -2.06. The Labute approximate surface area is 72.8 Å². The molecule has 1 heterocycles. The second kappa shape index (κ2) is 3.47. The van der Waals surface area contributed by atoms with Crippen molar-refractivity contribution >= 4 is 11.5 Å². The summed E-state index contributed by atoms with van der Waals surface area (Å²) < 4.78 is 1.78. The zero-order chi connectivity index (χ0) is 9.14. The van der Waals surface area contributed by atoms with Gasteiger partial charge in [-0.25, -0.2) is 0 Å². The molecule has 1 aromatic heterocycles. The average Bonchev–Trinajstić information content (AvgIpc) is 2.25. The van der Waals surface area contributed by atoms with Crippen LogP contribution in [0, 0.1) is 6.92 Å². The maximum atomic E-state index is 5.80. The first-order chi connectivity index (χ1) is 5.66. The summed E-state index contributed by atoms with van der Waals surface area (Å²) in [5.74, 6) is 0.925.